The number of fused-ring (bicyclic) bond motifs is 1. The molecule has 1 heterocycles. The third-order valence-electron chi connectivity index (χ3n) is 4.93. The van der Waals surface area contributed by atoms with Gasteiger partial charge in [0, 0.05) is 17.7 Å². The monoisotopic (exact) mass is 433 g/mol. The summed E-state index contributed by atoms with van der Waals surface area (Å²) < 4.78 is 22.6. The number of nitrogens with zero attached hydrogens (tertiary/aromatic N) is 1. The molecule has 0 aliphatic heterocycles. The van der Waals surface area contributed by atoms with Crippen LogP contribution in [0, 0.1) is 10.1 Å². The van der Waals surface area contributed by atoms with Crippen molar-refractivity contribution in [2.75, 3.05) is 14.2 Å². The molecule has 0 aliphatic carbocycles. The molecule has 0 atom stereocenters. The van der Waals surface area contributed by atoms with Gasteiger partial charge in [0.05, 0.1) is 24.5 Å². The van der Waals surface area contributed by atoms with E-state index in [-0.39, 0.29) is 29.2 Å². The first kappa shape index (κ1) is 20.9. The molecule has 0 radical (unpaired) electrons. The maximum atomic E-state index is 13.2. The van der Waals surface area contributed by atoms with Crippen molar-refractivity contribution in [3.63, 3.8) is 0 Å². The van der Waals surface area contributed by atoms with Gasteiger partial charge >= 0.3 is 0 Å². The standard InChI is InChI=1S/C24H19NO7/c1-29-20-12-9-16(13-21(20)30-2)23-24(22(26)18-5-3-4-6-19(18)32-23)31-14-15-7-10-17(11-8-15)25(27)28/h3-13H,14H2,1-2H3. The van der Waals surface area contributed by atoms with Crippen LogP contribution in [-0.2, 0) is 6.61 Å². The number of non-ortho nitro benzene ring substituents is 1. The fourth-order valence-electron chi connectivity index (χ4n) is 3.29. The molecule has 162 valence electrons. The van der Waals surface area contributed by atoms with E-state index in [4.69, 9.17) is 18.6 Å². The minimum Gasteiger partial charge on any atom is -0.493 e. The third kappa shape index (κ3) is 3.98. The third-order valence-corrected chi connectivity index (χ3v) is 4.93. The lowest BCUT2D eigenvalue weighted by Gasteiger charge is -2.13. The second-order valence-corrected chi connectivity index (χ2v) is 6.87. The first-order valence-corrected chi connectivity index (χ1v) is 9.66. The minimum atomic E-state index is -0.474. The van der Waals surface area contributed by atoms with E-state index in [1.807, 2.05) is 0 Å². The summed E-state index contributed by atoms with van der Waals surface area (Å²) in [5, 5.41) is 11.2. The summed E-state index contributed by atoms with van der Waals surface area (Å²) in [5.74, 6) is 1.29. The zero-order valence-electron chi connectivity index (χ0n) is 17.4. The lowest BCUT2D eigenvalue weighted by Crippen LogP contribution is -2.10. The van der Waals surface area contributed by atoms with Gasteiger partial charge in [0.25, 0.3) is 5.69 Å². The van der Waals surface area contributed by atoms with E-state index in [0.29, 0.717) is 33.6 Å². The van der Waals surface area contributed by atoms with Crippen molar-refractivity contribution >= 4 is 16.7 Å². The van der Waals surface area contributed by atoms with E-state index in [9.17, 15) is 14.9 Å². The quantitative estimate of drug-likeness (QED) is 0.300. The van der Waals surface area contributed by atoms with E-state index >= 15 is 0 Å². The Morgan fingerprint density at radius 1 is 0.938 bits per heavy atom. The highest BCUT2D eigenvalue weighted by Gasteiger charge is 2.19. The van der Waals surface area contributed by atoms with Gasteiger partial charge < -0.3 is 18.6 Å². The molecule has 0 N–H and O–H groups in total. The molecule has 0 amide bonds. The average molecular weight is 433 g/mol. The second-order valence-electron chi connectivity index (χ2n) is 6.87. The lowest BCUT2D eigenvalue weighted by atomic mass is 10.1. The van der Waals surface area contributed by atoms with E-state index in [0.717, 1.165) is 0 Å². The molecule has 4 aromatic rings. The van der Waals surface area contributed by atoms with Gasteiger partial charge in [-0.1, -0.05) is 12.1 Å². The molecule has 0 unspecified atom stereocenters. The van der Waals surface area contributed by atoms with Crippen molar-refractivity contribution in [3.05, 3.63) is 92.6 Å². The second kappa shape index (κ2) is 8.81. The van der Waals surface area contributed by atoms with Crippen LogP contribution in [0.25, 0.3) is 22.3 Å². The van der Waals surface area contributed by atoms with Gasteiger partial charge in [0.15, 0.2) is 17.3 Å². The van der Waals surface area contributed by atoms with Gasteiger partial charge in [-0.2, -0.15) is 0 Å². The Hall–Kier alpha value is -4.33. The molecule has 0 saturated heterocycles. The molecule has 0 bridgehead atoms. The molecule has 1 aromatic heterocycles. The first-order chi connectivity index (χ1) is 15.5. The van der Waals surface area contributed by atoms with Gasteiger partial charge in [-0.3, -0.25) is 14.9 Å². The SMILES string of the molecule is COc1ccc(-c2oc3ccccc3c(=O)c2OCc2ccc([N+](=O)[O-])cc2)cc1OC. The number of rotatable bonds is 7. The van der Waals surface area contributed by atoms with Crippen LogP contribution in [0.4, 0.5) is 5.69 Å². The first-order valence-electron chi connectivity index (χ1n) is 9.66. The maximum absolute atomic E-state index is 13.2. The van der Waals surface area contributed by atoms with Crippen molar-refractivity contribution in [3.8, 4) is 28.6 Å². The largest absolute Gasteiger partial charge is 0.493 e. The van der Waals surface area contributed by atoms with Crippen molar-refractivity contribution in [2.45, 2.75) is 6.61 Å². The van der Waals surface area contributed by atoms with Gasteiger partial charge in [-0.15, -0.1) is 0 Å². The lowest BCUT2D eigenvalue weighted by molar-refractivity contribution is -0.384. The molecule has 3 aromatic carbocycles. The highest BCUT2D eigenvalue weighted by atomic mass is 16.6. The Kier molecular flexibility index (Phi) is 5.76. The summed E-state index contributed by atoms with van der Waals surface area (Å²) in [5.41, 5.74) is 1.32. The van der Waals surface area contributed by atoms with E-state index in [2.05, 4.69) is 0 Å². The normalized spacial score (nSPS) is 10.7. The summed E-state index contributed by atoms with van der Waals surface area (Å²) in [6.45, 7) is 0.0292. The molecule has 0 fully saturated rings. The Balaban J connectivity index is 1.79. The van der Waals surface area contributed by atoms with E-state index < -0.39 is 4.92 Å². The molecular formula is C24H19NO7. The van der Waals surface area contributed by atoms with Crippen LogP contribution >= 0.6 is 0 Å². The van der Waals surface area contributed by atoms with Crippen LogP contribution < -0.4 is 19.6 Å². The summed E-state index contributed by atoms with van der Waals surface area (Å²) in [7, 11) is 3.05. The Bertz CT molecular complexity index is 1340. The smallest absolute Gasteiger partial charge is 0.269 e. The van der Waals surface area contributed by atoms with Crippen LogP contribution in [0.15, 0.2) is 75.9 Å². The molecule has 0 saturated carbocycles. The fraction of sp³-hybridized carbons (Fsp3) is 0.125. The van der Waals surface area contributed by atoms with E-state index in [1.54, 1.807) is 54.6 Å². The van der Waals surface area contributed by atoms with Gasteiger partial charge in [-0.25, -0.2) is 0 Å². The van der Waals surface area contributed by atoms with Crippen molar-refractivity contribution in [1.82, 2.24) is 0 Å². The van der Waals surface area contributed by atoms with Crippen molar-refractivity contribution in [1.29, 1.82) is 0 Å². The predicted octanol–water partition coefficient (Wildman–Crippen LogP) is 4.96. The van der Waals surface area contributed by atoms with Crippen LogP contribution in [0.5, 0.6) is 17.2 Å². The highest BCUT2D eigenvalue weighted by Crippen LogP contribution is 2.37. The molecule has 4 rings (SSSR count). The zero-order valence-corrected chi connectivity index (χ0v) is 17.4. The zero-order chi connectivity index (χ0) is 22.7. The predicted molar refractivity (Wildman–Crippen MR) is 118 cm³/mol. The number of para-hydroxylation sites is 1. The number of methoxy groups -OCH3 is 2. The maximum Gasteiger partial charge on any atom is 0.269 e. The highest BCUT2D eigenvalue weighted by molar-refractivity contribution is 5.82. The van der Waals surface area contributed by atoms with Crippen molar-refractivity contribution < 1.29 is 23.6 Å². The van der Waals surface area contributed by atoms with Crippen LogP contribution in [0.1, 0.15) is 5.56 Å². The minimum absolute atomic E-state index is 0.0232. The van der Waals surface area contributed by atoms with Gasteiger partial charge in [-0.05, 0) is 48.0 Å². The molecule has 0 spiro atoms. The van der Waals surface area contributed by atoms with Crippen LogP contribution in [0.3, 0.4) is 0 Å². The number of hydrogen-bond acceptors (Lipinski definition) is 7. The number of benzene rings is 3. The molecule has 8 heteroatoms. The topological polar surface area (TPSA) is 101 Å². The summed E-state index contributed by atoms with van der Waals surface area (Å²) in [4.78, 5) is 23.6. The summed E-state index contributed by atoms with van der Waals surface area (Å²) in [6, 6.07) is 18.0. The number of nitro benzene ring substituents is 1. The Morgan fingerprint density at radius 3 is 2.34 bits per heavy atom. The summed E-state index contributed by atoms with van der Waals surface area (Å²) in [6.07, 6.45) is 0. The van der Waals surface area contributed by atoms with Crippen LogP contribution in [0.2, 0.25) is 0 Å². The molecule has 0 aliphatic rings. The van der Waals surface area contributed by atoms with Crippen molar-refractivity contribution in [2.24, 2.45) is 0 Å². The van der Waals surface area contributed by atoms with Crippen LogP contribution in [-0.4, -0.2) is 19.1 Å². The fourth-order valence-corrected chi connectivity index (χ4v) is 3.29. The molecule has 32 heavy (non-hydrogen) atoms. The Morgan fingerprint density at radius 2 is 1.66 bits per heavy atom. The number of nitro groups is 1. The molecular weight excluding hydrogens is 414 g/mol. The van der Waals surface area contributed by atoms with E-state index in [1.165, 1.54) is 26.4 Å². The van der Waals surface area contributed by atoms with Gasteiger partial charge in [0.2, 0.25) is 11.2 Å². The molecule has 8 nitrogen and oxygen atoms in total. The number of hydrogen-bond donors (Lipinski definition) is 0. The number of ether oxygens (including phenoxy) is 3. The average Bonchev–Trinajstić information content (AvgIpc) is 2.83. The Labute approximate surface area is 182 Å². The summed E-state index contributed by atoms with van der Waals surface area (Å²) >= 11 is 0. The van der Waals surface area contributed by atoms with Gasteiger partial charge in [0.1, 0.15) is 12.2 Å².